The third-order valence-electron chi connectivity index (χ3n) is 8.54. The summed E-state index contributed by atoms with van der Waals surface area (Å²) in [5.41, 5.74) is 3.44. The number of para-hydroxylation sites is 1. The number of aromatic nitrogens is 4. The van der Waals surface area contributed by atoms with E-state index in [-0.39, 0.29) is 23.4 Å². The molecule has 0 spiro atoms. The molecule has 260 valence electrons. The predicted molar refractivity (Wildman–Crippen MR) is 177 cm³/mol. The number of anilines is 1. The molecule has 6 rings (SSSR count). The molecule has 2 aliphatic rings. The van der Waals surface area contributed by atoms with Crippen molar-refractivity contribution in [2.24, 2.45) is 0 Å². The highest BCUT2D eigenvalue weighted by Gasteiger charge is 2.37. The molecule has 14 nitrogen and oxygen atoms in total. The molecule has 2 fully saturated rings. The first-order valence-electron chi connectivity index (χ1n) is 16.2. The fourth-order valence-corrected chi connectivity index (χ4v) is 6.04. The largest absolute Gasteiger partial charge is 0.480 e. The maximum atomic E-state index is 14.1. The van der Waals surface area contributed by atoms with Crippen LogP contribution in [0.4, 0.5) is 10.2 Å². The van der Waals surface area contributed by atoms with Crippen LogP contribution in [0.25, 0.3) is 16.9 Å². The summed E-state index contributed by atoms with van der Waals surface area (Å²) < 4.78 is 31.9. The van der Waals surface area contributed by atoms with Crippen molar-refractivity contribution >= 4 is 11.7 Å². The van der Waals surface area contributed by atoms with Gasteiger partial charge in [-0.25, -0.2) is 14.6 Å². The standard InChI is InChI=1S/C34H41FN8O6/c1-21-29(23-17-26(33(47-3)37-19-23)32(44)38-24-10-14-48-15-11-24)41-43(25-7-5-4-6-8-25)31(21)40-34(45)39-27-20-42(13-16-46-2)49-30(27)22-9-12-36-28(35)18-22/h4-9,12,17-19,24,27,30,34,39-40,45H,10-11,13-16,20H2,1-3H3,(H,38,44)/t27-,30+,34?/m1/s1. The Labute approximate surface area is 283 Å². The number of aliphatic hydroxyl groups is 1. The van der Waals surface area contributed by atoms with Gasteiger partial charge in [-0.15, -0.1) is 0 Å². The van der Waals surface area contributed by atoms with Gasteiger partial charge in [0, 0.05) is 63.0 Å². The summed E-state index contributed by atoms with van der Waals surface area (Å²) in [4.78, 5) is 27.6. The van der Waals surface area contributed by atoms with Crippen LogP contribution in [-0.4, -0.2) is 101 Å². The summed E-state index contributed by atoms with van der Waals surface area (Å²) in [6, 6.07) is 13.8. The maximum absolute atomic E-state index is 14.1. The Morgan fingerprint density at radius 2 is 1.94 bits per heavy atom. The van der Waals surface area contributed by atoms with Crippen LogP contribution in [0.3, 0.4) is 0 Å². The van der Waals surface area contributed by atoms with Crippen molar-refractivity contribution < 1.29 is 33.3 Å². The minimum absolute atomic E-state index is 0.00655. The number of benzene rings is 1. The van der Waals surface area contributed by atoms with Crippen molar-refractivity contribution in [3.05, 3.63) is 83.6 Å². The lowest BCUT2D eigenvalue weighted by atomic mass is 10.0. The van der Waals surface area contributed by atoms with Crippen LogP contribution in [0, 0.1) is 12.9 Å². The normalized spacial score (nSPS) is 19.1. The molecule has 3 atom stereocenters. The van der Waals surface area contributed by atoms with Crippen LogP contribution in [-0.2, 0) is 14.3 Å². The van der Waals surface area contributed by atoms with E-state index >= 15 is 0 Å². The highest BCUT2D eigenvalue weighted by Crippen LogP contribution is 2.33. The molecule has 1 amide bonds. The summed E-state index contributed by atoms with van der Waals surface area (Å²) in [6.07, 6.45) is 2.57. The second-order valence-electron chi connectivity index (χ2n) is 11.8. The van der Waals surface area contributed by atoms with E-state index in [1.165, 1.54) is 19.4 Å². The Balaban J connectivity index is 1.28. The molecular formula is C34H41FN8O6. The van der Waals surface area contributed by atoms with E-state index in [0.29, 0.717) is 61.1 Å². The van der Waals surface area contributed by atoms with Crippen LogP contribution in [0.5, 0.6) is 5.88 Å². The molecule has 4 aromatic rings. The number of aliphatic hydroxyl groups excluding tert-OH is 1. The Kier molecular flexibility index (Phi) is 11.1. The molecule has 0 radical (unpaired) electrons. The first-order chi connectivity index (χ1) is 23.8. The van der Waals surface area contributed by atoms with Crippen LogP contribution < -0.4 is 20.7 Å². The molecule has 1 aromatic carbocycles. The molecule has 3 aromatic heterocycles. The van der Waals surface area contributed by atoms with Gasteiger partial charge in [-0.1, -0.05) is 18.2 Å². The Bertz CT molecular complexity index is 1720. The average Bonchev–Trinajstić information content (AvgIpc) is 3.67. The van der Waals surface area contributed by atoms with Crippen molar-refractivity contribution in [3.63, 3.8) is 0 Å². The lowest BCUT2D eigenvalue weighted by Gasteiger charge is -2.24. The number of hydrogen-bond donors (Lipinski definition) is 4. The van der Waals surface area contributed by atoms with Gasteiger partial charge in [0.25, 0.3) is 5.91 Å². The van der Waals surface area contributed by atoms with E-state index in [2.05, 4.69) is 25.9 Å². The third kappa shape index (κ3) is 8.04. The average molecular weight is 677 g/mol. The van der Waals surface area contributed by atoms with E-state index in [1.807, 2.05) is 37.3 Å². The molecule has 4 N–H and O–H groups in total. The topological polar surface area (TPSA) is 157 Å². The summed E-state index contributed by atoms with van der Waals surface area (Å²) >= 11 is 0. The Morgan fingerprint density at radius 3 is 2.67 bits per heavy atom. The Morgan fingerprint density at radius 1 is 1.14 bits per heavy atom. The van der Waals surface area contributed by atoms with Gasteiger partial charge in [0.2, 0.25) is 11.8 Å². The van der Waals surface area contributed by atoms with Gasteiger partial charge in [-0.2, -0.15) is 14.6 Å². The zero-order valence-corrected chi connectivity index (χ0v) is 27.6. The van der Waals surface area contributed by atoms with Gasteiger partial charge >= 0.3 is 0 Å². The summed E-state index contributed by atoms with van der Waals surface area (Å²) in [5.74, 6) is -0.209. The number of halogens is 1. The number of carbonyl (C=O) groups excluding carboxylic acids is 1. The molecule has 15 heteroatoms. The molecule has 0 bridgehead atoms. The van der Waals surface area contributed by atoms with Crippen LogP contribution >= 0.6 is 0 Å². The van der Waals surface area contributed by atoms with Crippen LogP contribution in [0.2, 0.25) is 0 Å². The molecule has 49 heavy (non-hydrogen) atoms. The first kappa shape index (κ1) is 34.4. The van der Waals surface area contributed by atoms with Crippen LogP contribution in [0.15, 0.2) is 60.9 Å². The lowest BCUT2D eigenvalue weighted by Crippen LogP contribution is -2.46. The lowest BCUT2D eigenvalue weighted by molar-refractivity contribution is -0.154. The molecule has 5 heterocycles. The summed E-state index contributed by atoms with van der Waals surface area (Å²) in [5, 5.41) is 27.5. The van der Waals surface area contributed by atoms with Crippen molar-refractivity contribution in [1.82, 2.24) is 35.4 Å². The minimum atomic E-state index is -1.27. The van der Waals surface area contributed by atoms with Gasteiger partial charge in [-0.05, 0) is 55.7 Å². The molecule has 2 saturated heterocycles. The number of ether oxygens (including phenoxy) is 3. The van der Waals surface area contributed by atoms with Crippen LogP contribution in [0.1, 0.15) is 40.4 Å². The van der Waals surface area contributed by atoms with Gasteiger partial charge < -0.3 is 30.0 Å². The molecular weight excluding hydrogens is 635 g/mol. The van der Waals surface area contributed by atoms with E-state index in [4.69, 9.17) is 24.1 Å². The predicted octanol–water partition coefficient (Wildman–Crippen LogP) is 2.98. The number of pyridine rings is 2. The van der Waals surface area contributed by atoms with Gasteiger partial charge in [0.15, 0.2) is 6.35 Å². The van der Waals surface area contributed by atoms with E-state index in [1.54, 1.807) is 35.2 Å². The monoisotopic (exact) mass is 676 g/mol. The molecule has 0 aliphatic carbocycles. The summed E-state index contributed by atoms with van der Waals surface area (Å²) in [7, 11) is 3.08. The number of carbonyl (C=O) groups is 1. The van der Waals surface area contributed by atoms with E-state index < -0.39 is 24.4 Å². The zero-order valence-electron chi connectivity index (χ0n) is 27.6. The van der Waals surface area contributed by atoms with Gasteiger partial charge in [-0.3, -0.25) is 14.9 Å². The second-order valence-corrected chi connectivity index (χ2v) is 11.8. The third-order valence-corrected chi connectivity index (χ3v) is 8.54. The number of methoxy groups -OCH3 is 2. The van der Waals surface area contributed by atoms with E-state index in [9.17, 15) is 14.3 Å². The number of hydroxylamine groups is 2. The van der Waals surface area contributed by atoms with E-state index in [0.717, 1.165) is 18.5 Å². The second kappa shape index (κ2) is 15.8. The quantitative estimate of drug-likeness (QED) is 0.122. The van der Waals surface area contributed by atoms with Gasteiger partial charge in [0.1, 0.15) is 17.5 Å². The zero-order chi connectivity index (χ0) is 34.3. The maximum Gasteiger partial charge on any atom is 0.257 e. The van der Waals surface area contributed by atoms with Crippen molar-refractivity contribution in [2.45, 2.75) is 44.3 Å². The molecule has 2 aliphatic heterocycles. The fourth-order valence-electron chi connectivity index (χ4n) is 6.04. The number of amides is 1. The number of rotatable bonds is 13. The minimum Gasteiger partial charge on any atom is -0.480 e. The summed E-state index contributed by atoms with van der Waals surface area (Å²) in [6.45, 7) is 4.37. The highest BCUT2D eigenvalue weighted by molar-refractivity contribution is 5.97. The number of hydrogen-bond acceptors (Lipinski definition) is 12. The Hall–Kier alpha value is -4.51. The first-order valence-corrected chi connectivity index (χ1v) is 16.2. The number of nitrogens with zero attached hydrogens (tertiary/aromatic N) is 5. The van der Waals surface area contributed by atoms with Crippen molar-refractivity contribution in [2.75, 3.05) is 52.4 Å². The SMILES string of the molecule is COCCN1C[C@@H](NC(O)Nc2c(C)c(-c3cnc(OC)c(C(=O)NC4CCOCC4)c3)nn2-c2ccccc2)[C@H](c2ccnc(F)c2)O1. The molecule has 0 saturated carbocycles. The highest BCUT2D eigenvalue weighted by atomic mass is 19.1. The smallest absolute Gasteiger partial charge is 0.257 e. The van der Waals surface area contributed by atoms with Crippen molar-refractivity contribution in [3.8, 4) is 22.8 Å². The van der Waals surface area contributed by atoms with Gasteiger partial charge in [0.05, 0.1) is 31.1 Å². The fraction of sp³-hybridized carbons (Fsp3) is 0.412. The molecule has 1 unspecified atom stereocenters. The number of nitrogens with one attached hydrogen (secondary N) is 3. The van der Waals surface area contributed by atoms with Crippen molar-refractivity contribution in [1.29, 1.82) is 0 Å².